The van der Waals surface area contributed by atoms with Gasteiger partial charge < -0.3 is 58.9 Å². The molecule has 0 radical (unpaired) electrons. The monoisotopic (exact) mass is 1930 g/mol. The summed E-state index contributed by atoms with van der Waals surface area (Å²) < 4.78 is 21.0. The number of hydrogen-bond acceptors (Lipinski definition) is 24. The summed E-state index contributed by atoms with van der Waals surface area (Å²) in [5.74, 6) is 2.58. The Bertz CT molecular complexity index is 9150. The Hall–Kier alpha value is -19.9. The van der Waals surface area contributed by atoms with Crippen molar-refractivity contribution in [2.24, 2.45) is 11.3 Å². The van der Waals surface area contributed by atoms with Crippen LogP contribution in [0.25, 0.3) is 223 Å². The molecule has 26 rings (SSSR count). The first kappa shape index (κ1) is 89.9. The Morgan fingerprint density at radius 3 is 0.952 bits per heavy atom. The zero-order valence-corrected chi connectivity index (χ0v) is 78.5. The number of hydrogen-bond donors (Lipinski definition) is 12. The van der Waals surface area contributed by atoms with Crippen LogP contribution >= 0.6 is 0 Å². The van der Waals surface area contributed by atoms with E-state index in [1.54, 1.807) is 149 Å². The van der Waals surface area contributed by atoms with Gasteiger partial charge in [-0.2, -0.15) is 20.4 Å². The maximum Gasteiger partial charge on any atom is 0.229 e. The number of imidazole rings is 4. The molecule has 36 nitrogen and oxygen atoms in total. The number of anilines is 4. The Morgan fingerprint density at radius 1 is 0.329 bits per heavy atom. The largest absolute Gasteiger partial charge is 0.472 e. The predicted octanol–water partition coefficient (Wildman–Crippen LogP) is 22.9. The van der Waals surface area contributed by atoms with Crippen LogP contribution in [0.5, 0.6) is 0 Å². The van der Waals surface area contributed by atoms with Crippen LogP contribution in [-0.2, 0) is 25.6 Å². The molecule has 4 amide bonds. The fourth-order valence-electron chi connectivity index (χ4n) is 17.3. The van der Waals surface area contributed by atoms with E-state index in [4.69, 9.17) is 37.6 Å². The quantitative estimate of drug-likeness (QED) is 0.0300. The Kier molecular flexibility index (Phi) is 23.8. The van der Waals surface area contributed by atoms with Crippen LogP contribution in [-0.4, -0.2) is 144 Å². The van der Waals surface area contributed by atoms with Crippen LogP contribution in [0.2, 0.25) is 0 Å². The molecule has 1 aliphatic carbocycles. The third-order valence-corrected chi connectivity index (χ3v) is 25.0. The summed E-state index contributed by atoms with van der Waals surface area (Å²) in [6.45, 7) is 7.69. The number of pyridine rings is 8. The molecule has 5 aromatic carbocycles. The Balaban J connectivity index is 0.000000107. The van der Waals surface area contributed by atoms with Crippen molar-refractivity contribution < 1.29 is 36.8 Å². The minimum Gasteiger partial charge on any atom is -0.472 e. The zero-order valence-electron chi connectivity index (χ0n) is 78.5. The summed E-state index contributed by atoms with van der Waals surface area (Å²) >= 11 is 0. The van der Waals surface area contributed by atoms with E-state index >= 15 is 0 Å². The number of benzene rings is 5. The second kappa shape index (κ2) is 38.7. The molecule has 0 spiro atoms. The predicted molar refractivity (Wildman–Crippen MR) is 556 cm³/mol. The number of aromatic nitrogens is 24. The van der Waals surface area contributed by atoms with Crippen molar-refractivity contribution in [1.29, 1.82) is 0 Å². The molecule has 25 aromatic rings. The van der Waals surface area contributed by atoms with Crippen LogP contribution in [0.15, 0.2) is 319 Å². The van der Waals surface area contributed by atoms with Crippen molar-refractivity contribution in [3.63, 3.8) is 0 Å². The van der Waals surface area contributed by atoms with Gasteiger partial charge in [-0.05, 0) is 144 Å². The van der Waals surface area contributed by atoms with Gasteiger partial charge in [-0.25, -0.2) is 19.9 Å². The average Bonchev–Trinajstić information content (AvgIpc) is 1.62. The Morgan fingerprint density at radius 2 is 0.644 bits per heavy atom. The van der Waals surface area contributed by atoms with Crippen LogP contribution in [0.3, 0.4) is 0 Å². The van der Waals surface area contributed by atoms with Crippen LogP contribution < -0.4 is 21.3 Å². The molecule has 714 valence electrons. The molecule has 1 saturated carbocycles. The van der Waals surface area contributed by atoms with E-state index in [9.17, 15) is 19.2 Å². The van der Waals surface area contributed by atoms with E-state index in [0.717, 1.165) is 208 Å². The van der Waals surface area contributed by atoms with Crippen LogP contribution in [0.4, 0.5) is 22.7 Å². The minimum atomic E-state index is -0.500. The molecule has 146 heavy (non-hydrogen) atoms. The summed E-state index contributed by atoms with van der Waals surface area (Å²) in [5.41, 5.74) is 30.4. The standard InChI is InChI=1S/C30H21N7O2.2C27H23N7O2.C26H19N7O2/c38-27(10-18-4-2-1-3-5-18)33-22-11-21(13-31-14-22)19-6-7-25-23(12-19)29(37-36-25)30-34-26-16-32-15-24(28(26)35-30)20-8-9-39-17-20;1-27(2,3)26(35)30-18-8-17(10-28-11-18)15-4-5-21-19(9-15)24(34-33-21)25-31-22-13-29-12-20(23(22)32-25)16-6-7-36-14-16;1-2-3-4-24(35)30-19-9-18(11-28-12-19)16-5-6-22-20(10-16)26(34-33-22)27-31-23-14-29-13-21(25(23)32-27)17-7-8-36-15-17;34-26(14-1-2-14)29-18-7-17(9-27-10-18)15-3-4-21-19(8-15)24(33-32-21)25-30-22-12-28-11-20(23(22)31-25)16-5-6-35-13-16/h1-9,11-17H,10H2,(H,33,38)(H,34,35)(H,36,37);4-14H,1-3H3,(H,30,35)(H,31,32)(H,33,34);5-15H,2-4H2,1H3,(H,30,35)(H,31,32)(H,33,34);3-14H,1-2H2,(H,29,34)(H,30,31)(H,32,33). The number of amides is 4. The first-order valence-electron chi connectivity index (χ1n) is 47.0. The number of carbonyl (C=O) groups excluding carboxylic acids is 4. The molecule has 36 heteroatoms. The van der Waals surface area contributed by atoms with Crippen molar-refractivity contribution in [3.8, 4) is 135 Å². The van der Waals surface area contributed by atoms with Gasteiger partial charge in [-0.3, -0.25) is 79.4 Å². The molecule has 1 aliphatic rings. The smallest absolute Gasteiger partial charge is 0.229 e. The van der Waals surface area contributed by atoms with Gasteiger partial charge in [0.15, 0.2) is 23.3 Å². The number of furan rings is 4. The highest BCUT2D eigenvalue weighted by Gasteiger charge is 2.31. The lowest BCUT2D eigenvalue weighted by Gasteiger charge is -2.17. The molecule has 0 bridgehead atoms. The average molecular weight is 1930 g/mol. The fourth-order valence-corrected chi connectivity index (χ4v) is 17.3. The summed E-state index contributed by atoms with van der Waals surface area (Å²) in [5, 5.41) is 46.0. The summed E-state index contributed by atoms with van der Waals surface area (Å²) in [6, 6.07) is 49.0. The fraction of sp³-hybridized carbons (Fsp3) is 0.109. The Labute approximate surface area is 827 Å². The topological polar surface area (TPSA) is 502 Å². The summed E-state index contributed by atoms with van der Waals surface area (Å²) in [7, 11) is 0. The number of fused-ring (bicyclic) bond motifs is 8. The van der Waals surface area contributed by atoms with E-state index in [1.165, 1.54) is 0 Å². The summed E-state index contributed by atoms with van der Waals surface area (Å²) in [4.78, 5) is 117. The van der Waals surface area contributed by atoms with Crippen LogP contribution in [0, 0.1) is 11.3 Å². The highest BCUT2D eigenvalue weighted by molar-refractivity contribution is 6.05. The first-order valence-corrected chi connectivity index (χ1v) is 47.0. The zero-order chi connectivity index (χ0) is 98.9. The SMILES string of the molecule is CC(C)(C)C(=O)Nc1cncc(-c2ccc3[nH]nc(-c4nc5c(-c6ccoc6)cncc5[nH]4)c3c2)c1.CCCCC(=O)Nc1cncc(-c2ccc3[nH]nc(-c4nc5c(-c6ccoc6)cncc5[nH]4)c3c2)c1.O=C(Cc1ccccc1)Nc1cncc(-c2ccc3[nH]nc(-c4nc5c(-c6ccoc6)cncc5[nH]4)c3c2)c1.O=C(Nc1cncc(-c2ccc3[nH]nc(-c4nc5c(-c6ccoc6)cncc5[nH]4)c3c2)c1)C1CC1. The number of nitrogens with one attached hydrogen (secondary N) is 12. The van der Waals surface area contributed by atoms with Crippen LogP contribution in [0.1, 0.15) is 65.4 Å². The number of H-pyrrole nitrogens is 8. The number of rotatable bonds is 22. The molecular weight excluding hydrogens is 1840 g/mol. The molecule has 0 saturated heterocycles. The third kappa shape index (κ3) is 18.7. The number of carbonyl (C=O) groups is 4. The lowest BCUT2D eigenvalue weighted by Crippen LogP contribution is -2.27. The van der Waals surface area contributed by atoms with E-state index in [0.29, 0.717) is 81.7 Å². The number of nitrogens with zero attached hydrogens (tertiary/aromatic N) is 16. The van der Waals surface area contributed by atoms with Crippen molar-refractivity contribution in [1.82, 2.24) is 121 Å². The normalized spacial score (nSPS) is 12.0. The molecule has 0 aliphatic heterocycles. The lowest BCUT2D eigenvalue weighted by atomic mass is 9.95. The summed E-state index contributed by atoms with van der Waals surface area (Å²) in [6.07, 6.45) is 45.6. The van der Waals surface area contributed by atoms with Gasteiger partial charge in [-0.1, -0.05) is 88.7 Å². The second-order valence-electron chi connectivity index (χ2n) is 36.2. The van der Waals surface area contributed by atoms with Crippen molar-refractivity contribution in [2.75, 3.05) is 21.3 Å². The molecule has 0 unspecified atom stereocenters. The van der Waals surface area contributed by atoms with Gasteiger partial charge in [0.2, 0.25) is 23.6 Å². The van der Waals surface area contributed by atoms with Crippen molar-refractivity contribution in [3.05, 3.63) is 306 Å². The lowest BCUT2D eigenvalue weighted by molar-refractivity contribution is -0.123. The van der Waals surface area contributed by atoms with E-state index in [-0.39, 0.29) is 29.5 Å². The van der Waals surface area contributed by atoms with E-state index < -0.39 is 5.41 Å². The first-order chi connectivity index (χ1) is 71.5. The molecule has 20 heterocycles. The van der Waals surface area contributed by atoms with Gasteiger partial charge >= 0.3 is 0 Å². The highest BCUT2D eigenvalue weighted by Crippen LogP contribution is 2.42. The van der Waals surface area contributed by atoms with Crippen molar-refractivity contribution >= 4 is 134 Å². The van der Waals surface area contributed by atoms with Gasteiger partial charge in [0.05, 0.1) is 173 Å². The second-order valence-corrected chi connectivity index (χ2v) is 36.2. The molecule has 20 aromatic heterocycles. The number of aromatic amines is 8. The van der Waals surface area contributed by atoms with E-state index in [2.05, 4.69) is 141 Å². The van der Waals surface area contributed by atoms with Gasteiger partial charge in [0.1, 0.15) is 44.8 Å². The molecular formula is C110H86N28O8. The highest BCUT2D eigenvalue weighted by atomic mass is 16.3. The van der Waals surface area contributed by atoms with Gasteiger partial charge in [0, 0.05) is 156 Å². The maximum atomic E-state index is 12.6. The van der Waals surface area contributed by atoms with E-state index in [1.807, 2.05) is 160 Å². The van der Waals surface area contributed by atoms with Gasteiger partial charge in [-0.15, -0.1) is 0 Å². The molecule has 0 atom stereocenters. The minimum absolute atomic E-state index is 0.00228. The maximum absolute atomic E-state index is 12.6. The van der Waals surface area contributed by atoms with Gasteiger partial charge in [0.25, 0.3) is 0 Å². The molecule has 1 fully saturated rings. The third-order valence-electron chi connectivity index (χ3n) is 25.0. The molecule has 12 N–H and O–H groups in total. The van der Waals surface area contributed by atoms with Crippen molar-refractivity contribution in [2.45, 2.75) is 66.2 Å². The number of unbranched alkanes of at least 4 members (excludes halogenated alkanes) is 1.